The summed E-state index contributed by atoms with van der Waals surface area (Å²) in [6.07, 6.45) is 0.914. The van der Waals surface area contributed by atoms with Crippen molar-refractivity contribution < 1.29 is 9.53 Å². The summed E-state index contributed by atoms with van der Waals surface area (Å²) in [6, 6.07) is 2.02. The van der Waals surface area contributed by atoms with Crippen LogP contribution in [-0.2, 0) is 9.53 Å². The number of ether oxygens (including phenoxy) is 1. The maximum absolute atomic E-state index is 12.6. The van der Waals surface area contributed by atoms with Crippen molar-refractivity contribution in [1.29, 1.82) is 0 Å². The molecule has 3 rings (SSSR count). The minimum Gasteiger partial charge on any atom is -0.374 e. The first kappa shape index (κ1) is 15.0. The molecule has 3 atom stereocenters. The van der Waals surface area contributed by atoms with E-state index in [2.05, 4.69) is 41.0 Å². The summed E-state index contributed by atoms with van der Waals surface area (Å²) in [7, 11) is 2.10. The molecule has 2 aliphatic heterocycles. The van der Waals surface area contributed by atoms with Crippen LogP contribution in [0.1, 0.15) is 25.1 Å². The number of nitrogens with one attached hydrogen (secondary N) is 1. The van der Waals surface area contributed by atoms with Gasteiger partial charge >= 0.3 is 0 Å². The fourth-order valence-corrected chi connectivity index (χ4v) is 3.75. The number of nitrogens with zero attached hydrogens (tertiary/aromatic N) is 2. The highest BCUT2D eigenvalue weighted by Crippen LogP contribution is 2.28. The van der Waals surface area contributed by atoms with Gasteiger partial charge in [-0.15, -0.1) is 0 Å². The molecule has 2 aliphatic rings. The third-order valence-corrected chi connectivity index (χ3v) is 4.96. The van der Waals surface area contributed by atoms with Gasteiger partial charge in [0.25, 0.3) is 0 Å². The van der Waals surface area contributed by atoms with Crippen LogP contribution in [-0.4, -0.2) is 61.1 Å². The largest absolute Gasteiger partial charge is 0.374 e. The van der Waals surface area contributed by atoms with Gasteiger partial charge in [0.2, 0.25) is 5.91 Å². The monoisotopic (exact) mass is 309 g/mol. The Morgan fingerprint density at radius 2 is 2.38 bits per heavy atom. The van der Waals surface area contributed by atoms with Crippen LogP contribution < -0.4 is 5.32 Å². The van der Waals surface area contributed by atoms with E-state index in [1.54, 1.807) is 11.3 Å². The highest BCUT2D eigenvalue weighted by molar-refractivity contribution is 7.07. The van der Waals surface area contributed by atoms with Gasteiger partial charge in [-0.05, 0) is 35.9 Å². The summed E-state index contributed by atoms with van der Waals surface area (Å²) in [4.78, 5) is 16.8. The highest BCUT2D eigenvalue weighted by atomic mass is 32.1. The van der Waals surface area contributed by atoms with Gasteiger partial charge in [-0.1, -0.05) is 6.92 Å². The maximum atomic E-state index is 12.6. The lowest BCUT2D eigenvalue weighted by Crippen LogP contribution is -2.47. The number of hydrogen-bond acceptors (Lipinski definition) is 5. The molecule has 1 N–H and O–H groups in total. The van der Waals surface area contributed by atoms with Crippen LogP contribution in [0.4, 0.5) is 0 Å². The van der Waals surface area contributed by atoms with Gasteiger partial charge in [0.15, 0.2) is 0 Å². The number of thiophene rings is 1. The third kappa shape index (κ3) is 3.13. The Hall–Kier alpha value is -0.950. The Morgan fingerprint density at radius 3 is 3.05 bits per heavy atom. The standard InChI is InChI=1S/C15H23N3O2S/c1-3-13-15(19)18(9-12-8-17(2)5-6-20-12)14(16-13)11-4-7-21-10-11/h4,7,10,12-14,16H,3,5-6,8-9H2,1-2H3. The van der Waals surface area contributed by atoms with Crippen LogP contribution in [0.3, 0.4) is 0 Å². The topological polar surface area (TPSA) is 44.8 Å². The molecule has 3 unspecified atom stereocenters. The lowest BCUT2D eigenvalue weighted by Gasteiger charge is -2.34. The number of likely N-dealkylation sites (N-methyl/N-ethyl adjacent to an activating group) is 1. The first-order valence-electron chi connectivity index (χ1n) is 7.57. The third-order valence-electron chi connectivity index (χ3n) is 4.26. The number of morpholine rings is 1. The molecule has 1 aromatic heterocycles. The summed E-state index contributed by atoms with van der Waals surface area (Å²) in [5.41, 5.74) is 1.17. The molecule has 3 heterocycles. The highest BCUT2D eigenvalue weighted by Gasteiger charge is 2.40. The zero-order chi connectivity index (χ0) is 14.8. The zero-order valence-corrected chi connectivity index (χ0v) is 13.4. The molecule has 2 fully saturated rings. The first-order chi connectivity index (χ1) is 10.2. The van der Waals surface area contributed by atoms with E-state index in [0.29, 0.717) is 6.54 Å². The summed E-state index contributed by atoms with van der Waals surface area (Å²) in [5.74, 6) is 0.200. The minimum absolute atomic E-state index is 0.00969. The molecule has 6 heteroatoms. The summed E-state index contributed by atoms with van der Waals surface area (Å²) < 4.78 is 5.83. The maximum Gasteiger partial charge on any atom is 0.241 e. The van der Waals surface area contributed by atoms with Crippen molar-refractivity contribution in [2.24, 2.45) is 0 Å². The van der Waals surface area contributed by atoms with Gasteiger partial charge in [-0.2, -0.15) is 11.3 Å². The van der Waals surface area contributed by atoms with Crippen molar-refractivity contribution in [3.8, 4) is 0 Å². The molecule has 0 bridgehead atoms. The average molecular weight is 309 g/mol. The summed E-state index contributed by atoms with van der Waals surface area (Å²) >= 11 is 1.67. The molecular weight excluding hydrogens is 286 g/mol. The van der Waals surface area contributed by atoms with Crippen molar-refractivity contribution >= 4 is 17.2 Å². The van der Waals surface area contributed by atoms with Crippen LogP contribution in [0.25, 0.3) is 0 Å². The van der Waals surface area contributed by atoms with Crippen molar-refractivity contribution in [1.82, 2.24) is 15.1 Å². The Kier molecular flexibility index (Phi) is 4.59. The molecule has 5 nitrogen and oxygen atoms in total. The van der Waals surface area contributed by atoms with Crippen molar-refractivity contribution in [3.63, 3.8) is 0 Å². The van der Waals surface area contributed by atoms with E-state index in [4.69, 9.17) is 4.74 Å². The molecule has 1 aromatic rings. The number of rotatable bonds is 4. The quantitative estimate of drug-likeness (QED) is 0.910. The van der Waals surface area contributed by atoms with E-state index in [0.717, 1.165) is 26.1 Å². The van der Waals surface area contributed by atoms with Gasteiger partial charge in [-0.25, -0.2) is 0 Å². The van der Waals surface area contributed by atoms with E-state index >= 15 is 0 Å². The van der Waals surface area contributed by atoms with Gasteiger partial charge in [-0.3, -0.25) is 10.1 Å². The van der Waals surface area contributed by atoms with Gasteiger partial charge in [0.1, 0.15) is 6.17 Å². The molecule has 0 aliphatic carbocycles. The van der Waals surface area contributed by atoms with Crippen LogP contribution in [0.2, 0.25) is 0 Å². The number of carbonyl (C=O) groups is 1. The molecule has 2 saturated heterocycles. The van der Waals surface area contributed by atoms with E-state index in [1.807, 2.05) is 4.90 Å². The molecule has 21 heavy (non-hydrogen) atoms. The van der Waals surface area contributed by atoms with Crippen LogP contribution in [0, 0.1) is 0 Å². The smallest absolute Gasteiger partial charge is 0.241 e. The van der Waals surface area contributed by atoms with Crippen molar-refractivity contribution in [3.05, 3.63) is 22.4 Å². The molecular formula is C15H23N3O2S. The molecule has 116 valence electrons. The number of hydrogen-bond donors (Lipinski definition) is 1. The SMILES string of the molecule is CCC1NC(c2ccsc2)N(CC2CN(C)CCO2)C1=O. The molecule has 1 amide bonds. The molecule has 0 aromatic carbocycles. The second-order valence-electron chi connectivity index (χ2n) is 5.83. The number of amides is 1. The van der Waals surface area contributed by atoms with E-state index in [9.17, 15) is 4.79 Å². The van der Waals surface area contributed by atoms with Gasteiger partial charge in [0, 0.05) is 13.1 Å². The van der Waals surface area contributed by atoms with Crippen LogP contribution in [0.15, 0.2) is 16.8 Å². The normalized spacial score (nSPS) is 31.0. The van der Waals surface area contributed by atoms with E-state index < -0.39 is 0 Å². The van der Waals surface area contributed by atoms with Gasteiger partial charge < -0.3 is 14.5 Å². The molecule has 0 radical (unpaired) electrons. The van der Waals surface area contributed by atoms with Crippen molar-refractivity contribution in [2.75, 3.05) is 33.3 Å². The lowest BCUT2D eigenvalue weighted by atomic mass is 10.2. The lowest BCUT2D eigenvalue weighted by molar-refractivity contribution is -0.133. The Morgan fingerprint density at radius 1 is 1.52 bits per heavy atom. The van der Waals surface area contributed by atoms with Crippen LogP contribution in [0.5, 0.6) is 0 Å². The fourth-order valence-electron chi connectivity index (χ4n) is 3.07. The minimum atomic E-state index is -0.0729. The Labute approximate surface area is 129 Å². The van der Waals surface area contributed by atoms with Crippen LogP contribution >= 0.6 is 11.3 Å². The average Bonchev–Trinajstić information content (AvgIpc) is 3.09. The first-order valence-corrected chi connectivity index (χ1v) is 8.52. The number of carbonyl (C=O) groups excluding carboxylic acids is 1. The molecule has 0 saturated carbocycles. The summed E-state index contributed by atoms with van der Waals surface area (Å²) in [5, 5.41) is 7.63. The van der Waals surface area contributed by atoms with Gasteiger partial charge in [0.05, 0.1) is 25.3 Å². The second kappa shape index (κ2) is 6.44. The predicted molar refractivity (Wildman–Crippen MR) is 83.2 cm³/mol. The van der Waals surface area contributed by atoms with E-state index in [1.165, 1.54) is 5.56 Å². The Balaban J connectivity index is 1.74. The molecule has 0 spiro atoms. The summed E-state index contributed by atoms with van der Waals surface area (Å²) in [6.45, 7) is 5.31. The second-order valence-corrected chi connectivity index (χ2v) is 6.61. The van der Waals surface area contributed by atoms with E-state index in [-0.39, 0.29) is 24.2 Å². The Bertz CT molecular complexity index is 479. The van der Waals surface area contributed by atoms with Crippen molar-refractivity contribution in [2.45, 2.75) is 31.7 Å². The fraction of sp³-hybridized carbons (Fsp3) is 0.667. The predicted octanol–water partition coefficient (Wildman–Crippen LogP) is 1.29. The zero-order valence-electron chi connectivity index (χ0n) is 12.6.